The normalized spacial score (nSPS) is 12.1. The number of nitrogens with one attached hydrogen (secondary N) is 2. The molecule has 0 saturated carbocycles. The van der Waals surface area contributed by atoms with Gasteiger partial charge in [-0.15, -0.1) is 0 Å². The van der Waals surface area contributed by atoms with Crippen LogP contribution in [0.5, 0.6) is 0 Å². The average Bonchev–Trinajstić information content (AvgIpc) is 3.05. The zero-order valence-corrected chi connectivity index (χ0v) is 34.7. The molecule has 0 aliphatic heterocycles. The van der Waals surface area contributed by atoms with Gasteiger partial charge in [-0.05, 0) is 65.5 Å². The van der Waals surface area contributed by atoms with E-state index < -0.39 is 0 Å². The Kier molecular flexibility index (Phi) is 29.9. The highest BCUT2D eigenvalue weighted by atomic mass is 16.5. The van der Waals surface area contributed by atoms with E-state index in [4.69, 9.17) is 4.74 Å². The monoisotopic (exact) mass is 708 g/mol. The van der Waals surface area contributed by atoms with Gasteiger partial charge in [0.25, 0.3) is 0 Å². The van der Waals surface area contributed by atoms with E-state index >= 15 is 0 Å². The first-order chi connectivity index (χ1) is 23.9. The molecular formula is C43H85N3O4. The molecule has 0 rings (SSSR count). The number of hydrogen-bond acceptors (Lipinski definition) is 5. The maximum absolute atomic E-state index is 12.8. The van der Waals surface area contributed by atoms with Crippen LogP contribution in [0.3, 0.4) is 0 Å². The molecule has 0 unspecified atom stereocenters. The molecule has 0 atom stereocenters. The lowest BCUT2D eigenvalue weighted by Crippen LogP contribution is -2.37. The van der Waals surface area contributed by atoms with Crippen molar-refractivity contribution in [1.82, 2.24) is 15.5 Å². The molecule has 0 radical (unpaired) electrons. The van der Waals surface area contributed by atoms with E-state index in [0.717, 1.165) is 90.1 Å². The molecule has 2 N–H and O–H groups in total. The van der Waals surface area contributed by atoms with E-state index in [2.05, 4.69) is 52.2 Å². The summed E-state index contributed by atoms with van der Waals surface area (Å²) in [4.78, 5) is 40.0. The molecule has 0 aromatic carbocycles. The fourth-order valence-corrected chi connectivity index (χ4v) is 6.60. The van der Waals surface area contributed by atoms with E-state index in [0.29, 0.717) is 6.54 Å². The van der Waals surface area contributed by atoms with Crippen molar-refractivity contribution >= 4 is 17.8 Å². The van der Waals surface area contributed by atoms with Crippen molar-refractivity contribution in [2.24, 2.45) is 10.8 Å². The van der Waals surface area contributed by atoms with Gasteiger partial charge in [0.05, 0.1) is 6.54 Å². The SMILES string of the molecule is CCCCCCCCCCNC(=O)C(C)(C)CCCCCC(CCCCCC(C)(C)C(=O)NCCCCCCCCCC)OC(=O)CN(C)C. The molecular weight excluding hydrogens is 622 g/mol. The molecule has 0 spiro atoms. The Morgan fingerprint density at radius 1 is 0.520 bits per heavy atom. The largest absolute Gasteiger partial charge is 0.461 e. The molecule has 7 heteroatoms. The average molecular weight is 708 g/mol. The zero-order chi connectivity index (χ0) is 37.5. The van der Waals surface area contributed by atoms with Crippen LogP contribution in [0.4, 0.5) is 0 Å². The van der Waals surface area contributed by atoms with Gasteiger partial charge in [0.2, 0.25) is 11.8 Å². The van der Waals surface area contributed by atoms with Crippen LogP contribution in [0, 0.1) is 10.8 Å². The van der Waals surface area contributed by atoms with Gasteiger partial charge < -0.3 is 15.4 Å². The van der Waals surface area contributed by atoms with E-state index in [1.165, 1.54) is 89.9 Å². The maximum Gasteiger partial charge on any atom is 0.320 e. The number of esters is 1. The summed E-state index contributed by atoms with van der Waals surface area (Å²) in [6, 6.07) is 0. The second-order valence-electron chi connectivity index (χ2n) is 16.8. The van der Waals surface area contributed by atoms with Gasteiger partial charge in [-0.2, -0.15) is 0 Å². The molecule has 2 amide bonds. The number of carbonyl (C=O) groups excluding carboxylic acids is 3. The van der Waals surface area contributed by atoms with Gasteiger partial charge in [0.15, 0.2) is 0 Å². The maximum atomic E-state index is 12.8. The standard InChI is InChI=1S/C43H85N3O4/c1-9-11-13-15-17-19-21-29-35-44-40(48)42(3,4)33-27-23-25-31-38(50-39(47)37-46(7)8)32-26-24-28-34-43(5,6)41(49)45-36-30-22-20-18-16-14-12-10-2/h38H,9-37H2,1-8H3,(H,44,48)(H,45,49). The summed E-state index contributed by atoms with van der Waals surface area (Å²) in [5.41, 5.74) is -0.730. The summed E-state index contributed by atoms with van der Waals surface area (Å²) in [5.74, 6) is 0.170. The van der Waals surface area contributed by atoms with Crippen molar-refractivity contribution in [2.45, 2.75) is 215 Å². The third-order valence-corrected chi connectivity index (χ3v) is 10.3. The predicted octanol–water partition coefficient (Wildman–Crippen LogP) is 10.9. The first kappa shape index (κ1) is 48.4. The third kappa shape index (κ3) is 28.0. The molecule has 296 valence electrons. The number of ether oxygens (including phenoxy) is 1. The van der Waals surface area contributed by atoms with Crippen molar-refractivity contribution in [3.8, 4) is 0 Å². The van der Waals surface area contributed by atoms with E-state index in [9.17, 15) is 14.4 Å². The van der Waals surface area contributed by atoms with Crippen molar-refractivity contribution in [2.75, 3.05) is 33.7 Å². The van der Waals surface area contributed by atoms with Crippen molar-refractivity contribution in [3.63, 3.8) is 0 Å². The summed E-state index contributed by atoms with van der Waals surface area (Å²) in [6.45, 7) is 14.6. The predicted molar refractivity (Wildman–Crippen MR) is 213 cm³/mol. The molecule has 0 aromatic rings. The summed E-state index contributed by atoms with van der Waals surface area (Å²) in [7, 11) is 3.77. The Labute approximate surface area is 311 Å². The fraction of sp³-hybridized carbons (Fsp3) is 0.930. The summed E-state index contributed by atoms with van der Waals surface area (Å²) >= 11 is 0. The first-order valence-corrected chi connectivity index (χ1v) is 21.3. The van der Waals surface area contributed by atoms with Gasteiger partial charge >= 0.3 is 5.97 Å². The highest BCUT2D eigenvalue weighted by Gasteiger charge is 2.27. The molecule has 0 aromatic heterocycles. The van der Waals surface area contributed by atoms with Crippen LogP contribution in [0.2, 0.25) is 0 Å². The van der Waals surface area contributed by atoms with Crippen LogP contribution in [-0.4, -0.2) is 62.5 Å². The Morgan fingerprint density at radius 3 is 1.22 bits per heavy atom. The minimum atomic E-state index is -0.365. The lowest BCUT2D eigenvalue weighted by atomic mass is 9.85. The van der Waals surface area contributed by atoms with Crippen LogP contribution in [0.15, 0.2) is 0 Å². The number of likely N-dealkylation sites (N-methyl/N-ethyl adjacent to an activating group) is 1. The van der Waals surface area contributed by atoms with Gasteiger partial charge in [-0.25, -0.2) is 0 Å². The Balaban J connectivity index is 4.37. The van der Waals surface area contributed by atoms with Crippen molar-refractivity contribution in [3.05, 3.63) is 0 Å². The third-order valence-electron chi connectivity index (χ3n) is 10.3. The Bertz CT molecular complexity index is 786. The van der Waals surface area contributed by atoms with Crippen LogP contribution < -0.4 is 10.6 Å². The van der Waals surface area contributed by atoms with E-state index in [1.54, 1.807) is 0 Å². The fourth-order valence-electron chi connectivity index (χ4n) is 6.60. The number of carbonyl (C=O) groups is 3. The lowest BCUT2D eigenvalue weighted by Gasteiger charge is -2.24. The minimum absolute atomic E-state index is 0.0756. The first-order valence-electron chi connectivity index (χ1n) is 21.3. The molecule has 0 saturated heterocycles. The van der Waals surface area contributed by atoms with Crippen LogP contribution in [-0.2, 0) is 19.1 Å². The minimum Gasteiger partial charge on any atom is -0.461 e. The number of rotatable bonds is 35. The quantitative estimate of drug-likeness (QED) is 0.0506. The molecule has 0 aliphatic carbocycles. The number of unbranched alkanes of at least 4 members (excludes halogenated alkanes) is 18. The summed E-state index contributed by atoms with van der Waals surface area (Å²) in [6.07, 6.45) is 29.7. The zero-order valence-electron chi connectivity index (χ0n) is 34.7. The van der Waals surface area contributed by atoms with Crippen LogP contribution in [0.25, 0.3) is 0 Å². The Morgan fingerprint density at radius 2 is 0.860 bits per heavy atom. The second-order valence-corrected chi connectivity index (χ2v) is 16.8. The molecule has 0 heterocycles. The smallest absolute Gasteiger partial charge is 0.320 e. The number of amides is 2. The topological polar surface area (TPSA) is 87.7 Å². The van der Waals surface area contributed by atoms with E-state index in [1.807, 2.05) is 19.0 Å². The van der Waals surface area contributed by atoms with Crippen molar-refractivity contribution < 1.29 is 19.1 Å². The van der Waals surface area contributed by atoms with Crippen LogP contribution in [0.1, 0.15) is 208 Å². The summed E-state index contributed by atoms with van der Waals surface area (Å²) < 4.78 is 5.92. The second kappa shape index (κ2) is 30.9. The molecule has 50 heavy (non-hydrogen) atoms. The highest BCUT2D eigenvalue weighted by Crippen LogP contribution is 2.27. The van der Waals surface area contributed by atoms with Gasteiger partial charge in [0, 0.05) is 23.9 Å². The number of hydrogen-bond donors (Lipinski definition) is 2. The van der Waals surface area contributed by atoms with Crippen molar-refractivity contribution in [1.29, 1.82) is 0 Å². The molecule has 0 bridgehead atoms. The Hall–Kier alpha value is -1.63. The summed E-state index contributed by atoms with van der Waals surface area (Å²) in [5, 5.41) is 6.36. The lowest BCUT2D eigenvalue weighted by molar-refractivity contribution is -0.150. The van der Waals surface area contributed by atoms with Gasteiger partial charge in [-0.3, -0.25) is 19.3 Å². The van der Waals surface area contributed by atoms with E-state index in [-0.39, 0.29) is 34.7 Å². The highest BCUT2D eigenvalue weighted by molar-refractivity contribution is 5.82. The van der Waals surface area contributed by atoms with Gasteiger partial charge in [-0.1, -0.05) is 157 Å². The molecule has 0 fully saturated rings. The molecule has 7 nitrogen and oxygen atoms in total. The number of nitrogens with zero attached hydrogens (tertiary/aromatic N) is 1. The van der Waals surface area contributed by atoms with Gasteiger partial charge in [0.1, 0.15) is 6.10 Å². The van der Waals surface area contributed by atoms with Crippen LogP contribution >= 0.6 is 0 Å². The molecule has 0 aliphatic rings.